The van der Waals surface area contributed by atoms with Crippen LogP contribution in [0.25, 0.3) is 11.2 Å². The SMILES string of the molecule is Cc1cc(Cl)cc(-n2cnc(Nc3nc(N4CCC[C@H]4CO)c4cccn4n3)c2)c1. The lowest BCUT2D eigenvalue weighted by Crippen LogP contribution is -2.33. The van der Waals surface area contributed by atoms with E-state index in [2.05, 4.69) is 20.3 Å². The minimum absolute atomic E-state index is 0.0803. The highest BCUT2D eigenvalue weighted by Crippen LogP contribution is 2.29. The van der Waals surface area contributed by atoms with Crippen molar-refractivity contribution in [3.8, 4) is 5.69 Å². The lowest BCUT2D eigenvalue weighted by Gasteiger charge is -2.25. The topological polar surface area (TPSA) is 83.5 Å². The number of benzene rings is 1. The summed E-state index contributed by atoms with van der Waals surface area (Å²) in [5.41, 5.74) is 2.93. The van der Waals surface area contributed by atoms with Crippen molar-refractivity contribution in [2.24, 2.45) is 0 Å². The molecule has 0 bridgehead atoms. The third kappa shape index (κ3) is 3.48. The number of halogens is 1. The Bertz CT molecular complexity index is 1180. The Morgan fingerprint density at radius 2 is 2.20 bits per heavy atom. The zero-order valence-corrected chi connectivity index (χ0v) is 17.3. The fourth-order valence-corrected chi connectivity index (χ4v) is 4.28. The van der Waals surface area contributed by atoms with Crippen LogP contribution in [0.3, 0.4) is 0 Å². The van der Waals surface area contributed by atoms with E-state index in [0.717, 1.165) is 42.0 Å². The fraction of sp³-hybridized carbons (Fsp3) is 0.286. The van der Waals surface area contributed by atoms with Gasteiger partial charge in [-0.05, 0) is 55.7 Å². The van der Waals surface area contributed by atoms with E-state index in [-0.39, 0.29) is 12.6 Å². The van der Waals surface area contributed by atoms with Crippen molar-refractivity contribution in [1.29, 1.82) is 0 Å². The number of imidazole rings is 1. The van der Waals surface area contributed by atoms with Crippen molar-refractivity contribution in [3.63, 3.8) is 0 Å². The normalized spacial score (nSPS) is 16.5. The number of aryl methyl sites for hydroxylation is 1. The van der Waals surface area contributed by atoms with Crippen LogP contribution in [-0.4, -0.2) is 48.4 Å². The maximum absolute atomic E-state index is 9.75. The standard InChI is InChI=1S/C21H22ClN7O/c1-14-8-15(22)10-17(9-14)27-11-19(23-13-27)24-21-25-20(18-5-3-7-29(18)26-21)28-6-2-4-16(28)12-30/h3,5,7-11,13,16,30H,2,4,6,12H2,1H3,(H,24,26)/t16-/m0/s1. The van der Waals surface area contributed by atoms with Crippen LogP contribution in [-0.2, 0) is 0 Å². The number of fused-ring (bicyclic) bond motifs is 1. The molecule has 0 saturated carbocycles. The highest BCUT2D eigenvalue weighted by molar-refractivity contribution is 6.30. The first-order valence-corrected chi connectivity index (χ1v) is 10.3. The molecule has 1 saturated heterocycles. The number of nitrogens with zero attached hydrogens (tertiary/aromatic N) is 6. The molecule has 4 heterocycles. The van der Waals surface area contributed by atoms with Gasteiger partial charge in [0.05, 0.1) is 18.8 Å². The Morgan fingerprint density at radius 1 is 1.30 bits per heavy atom. The number of hydrogen-bond donors (Lipinski definition) is 2. The Hall–Kier alpha value is -3.10. The zero-order chi connectivity index (χ0) is 20.7. The van der Waals surface area contributed by atoms with Gasteiger partial charge in [0.1, 0.15) is 11.8 Å². The highest BCUT2D eigenvalue weighted by atomic mass is 35.5. The predicted octanol–water partition coefficient (Wildman–Crippen LogP) is 3.58. The van der Waals surface area contributed by atoms with Crippen molar-refractivity contribution in [2.75, 3.05) is 23.4 Å². The van der Waals surface area contributed by atoms with Crippen molar-refractivity contribution in [3.05, 3.63) is 59.6 Å². The van der Waals surface area contributed by atoms with Gasteiger partial charge < -0.3 is 19.9 Å². The van der Waals surface area contributed by atoms with Gasteiger partial charge in [0.2, 0.25) is 5.95 Å². The number of aromatic nitrogens is 5. The number of nitrogens with one attached hydrogen (secondary N) is 1. The maximum Gasteiger partial charge on any atom is 0.248 e. The molecule has 0 spiro atoms. The second kappa shape index (κ2) is 7.62. The summed E-state index contributed by atoms with van der Waals surface area (Å²) < 4.78 is 3.70. The number of aliphatic hydroxyl groups is 1. The number of anilines is 3. The van der Waals surface area contributed by atoms with Gasteiger partial charge in [-0.2, -0.15) is 4.98 Å². The van der Waals surface area contributed by atoms with E-state index in [1.165, 1.54) is 0 Å². The van der Waals surface area contributed by atoms with Crippen molar-refractivity contribution in [1.82, 2.24) is 24.1 Å². The number of hydrogen-bond acceptors (Lipinski definition) is 6. The van der Waals surface area contributed by atoms with Gasteiger partial charge in [0.25, 0.3) is 0 Å². The Balaban J connectivity index is 1.47. The molecule has 30 heavy (non-hydrogen) atoms. The van der Waals surface area contributed by atoms with E-state index in [1.54, 1.807) is 10.8 Å². The van der Waals surface area contributed by atoms with Crippen LogP contribution >= 0.6 is 11.6 Å². The van der Waals surface area contributed by atoms with Gasteiger partial charge in [-0.25, -0.2) is 9.50 Å². The summed E-state index contributed by atoms with van der Waals surface area (Å²) in [7, 11) is 0. The zero-order valence-electron chi connectivity index (χ0n) is 16.5. The third-order valence-electron chi connectivity index (χ3n) is 5.38. The summed E-state index contributed by atoms with van der Waals surface area (Å²) in [6, 6.07) is 9.86. The average molecular weight is 424 g/mol. The second-order valence-corrected chi connectivity index (χ2v) is 7.98. The smallest absolute Gasteiger partial charge is 0.248 e. The number of rotatable bonds is 5. The molecule has 1 atom stereocenters. The Morgan fingerprint density at radius 3 is 3.03 bits per heavy atom. The molecule has 0 amide bonds. The van der Waals surface area contributed by atoms with E-state index >= 15 is 0 Å². The van der Waals surface area contributed by atoms with Crippen molar-refractivity contribution in [2.45, 2.75) is 25.8 Å². The van der Waals surface area contributed by atoms with E-state index in [0.29, 0.717) is 16.8 Å². The lowest BCUT2D eigenvalue weighted by atomic mass is 10.2. The van der Waals surface area contributed by atoms with Crippen LogP contribution in [0.4, 0.5) is 17.6 Å². The van der Waals surface area contributed by atoms with Crippen LogP contribution in [0.2, 0.25) is 5.02 Å². The average Bonchev–Trinajstić information content (AvgIpc) is 3.47. The molecule has 1 aliphatic rings. The molecule has 5 rings (SSSR count). The molecule has 154 valence electrons. The molecule has 0 unspecified atom stereocenters. The van der Waals surface area contributed by atoms with Gasteiger partial charge >= 0.3 is 0 Å². The van der Waals surface area contributed by atoms with Crippen LogP contribution < -0.4 is 10.2 Å². The minimum Gasteiger partial charge on any atom is -0.394 e. The van der Waals surface area contributed by atoms with Crippen LogP contribution in [0.1, 0.15) is 18.4 Å². The number of aliphatic hydroxyl groups excluding tert-OH is 1. The van der Waals surface area contributed by atoms with Gasteiger partial charge in [0, 0.05) is 23.5 Å². The first-order valence-electron chi connectivity index (χ1n) is 9.92. The van der Waals surface area contributed by atoms with Crippen LogP contribution in [0.15, 0.2) is 49.1 Å². The molecule has 9 heteroatoms. The third-order valence-corrected chi connectivity index (χ3v) is 5.60. The second-order valence-electron chi connectivity index (χ2n) is 7.55. The minimum atomic E-state index is 0.0803. The van der Waals surface area contributed by atoms with Crippen molar-refractivity contribution < 1.29 is 5.11 Å². The molecular weight excluding hydrogens is 402 g/mol. The van der Waals surface area contributed by atoms with Crippen LogP contribution in [0, 0.1) is 6.92 Å². The largest absolute Gasteiger partial charge is 0.394 e. The first-order chi connectivity index (χ1) is 14.6. The monoisotopic (exact) mass is 423 g/mol. The summed E-state index contributed by atoms with van der Waals surface area (Å²) in [4.78, 5) is 11.4. The van der Waals surface area contributed by atoms with Crippen molar-refractivity contribution >= 4 is 34.7 Å². The predicted molar refractivity (Wildman–Crippen MR) is 117 cm³/mol. The lowest BCUT2D eigenvalue weighted by molar-refractivity contribution is 0.266. The first kappa shape index (κ1) is 18.9. The fourth-order valence-electron chi connectivity index (χ4n) is 4.00. The van der Waals surface area contributed by atoms with E-state index < -0.39 is 0 Å². The summed E-state index contributed by atoms with van der Waals surface area (Å²) in [5, 5.41) is 18.2. The van der Waals surface area contributed by atoms with Gasteiger partial charge in [-0.15, -0.1) is 5.10 Å². The molecule has 1 aliphatic heterocycles. The van der Waals surface area contributed by atoms with Gasteiger partial charge in [0.15, 0.2) is 11.6 Å². The van der Waals surface area contributed by atoms with E-state index in [1.807, 2.05) is 54.2 Å². The molecular formula is C21H22ClN7O. The quantitative estimate of drug-likeness (QED) is 0.510. The van der Waals surface area contributed by atoms with E-state index in [9.17, 15) is 5.11 Å². The molecule has 8 nitrogen and oxygen atoms in total. The summed E-state index contributed by atoms with van der Waals surface area (Å²) in [6.45, 7) is 2.99. The van der Waals surface area contributed by atoms with Crippen LogP contribution in [0.5, 0.6) is 0 Å². The Kier molecular flexibility index (Phi) is 4.80. The molecule has 1 fully saturated rings. The molecule has 0 radical (unpaired) electrons. The summed E-state index contributed by atoms with van der Waals surface area (Å²) in [6.07, 6.45) is 7.49. The maximum atomic E-state index is 9.75. The molecule has 2 N–H and O–H groups in total. The highest BCUT2D eigenvalue weighted by Gasteiger charge is 2.27. The Labute approximate surface area is 178 Å². The molecule has 4 aromatic rings. The molecule has 1 aromatic carbocycles. The summed E-state index contributed by atoms with van der Waals surface area (Å²) >= 11 is 6.19. The van der Waals surface area contributed by atoms with E-state index in [4.69, 9.17) is 16.6 Å². The summed E-state index contributed by atoms with van der Waals surface area (Å²) in [5.74, 6) is 1.90. The molecule has 0 aliphatic carbocycles. The van der Waals surface area contributed by atoms with Gasteiger partial charge in [-0.1, -0.05) is 11.6 Å². The van der Waals surface area contributed by atoms with Gasteiger partial charge in [-0.3, -0.25) is 0 Å². The molecule has 3 aromatic heterocycles.